The van der Waals surface area contributed by atoms with Gasteiger partial charge in [0.25, 0.3) is 6.43 Å². The van der Waals surface area contributed by atoms with E-state index in [1.165, 1.54) is 0 Å². The molecule has 0 bridgehead atoms. The molecule has 0 unspecified atom stereocenters. The predicted molar refractivity (Wildman–Crippen MR) is 46.9 cm³/mol. The van der Waals surface area contributed by atoms with Gasteiger partial charge in [0, 0.05) is 12.1 Å². The lowest BCUT2D eigenvalue weighted by Gasteiger charge is -2.09. The molecule has 0 amide bonds. The van der Waals surface area contributed by atoms with Gasteiger partial charge < -0.3 is 11.5 Å². The van der Waals surface area contributed by atoms with Crippen molar-refractivity contribution in [1.82, 2.24) is 4.98 Å². The summed E-state index contributed by atoms with van der Waals surface area (Å²) in [5.74, 6) is 0. The van der Waals surface area contributed by atoms with Crippen LogP contribution >= 0.6 is 0 Å². The van der Waals surface area contributed by atoms with Crippen molar-refractivity contribution in [2.75, 3.05) is 5.73 Å². The Hall–Kier alpha value is -1.56. The van der Waals surface area contributed by atoms with Gasteiger partial charge in [0.15, 0.2) is 6.29 Å². The molecule has 0 aromatic carbocycles. The summed E-state index contributed by atoms with van der Waals surface area (Å²) < 4.78 is 25.0. The molecular weight excluding hydrogens is 192 g/mol. The van der Waals surface area contributed by atoms with Crippen LogP contribution in [0.25, 0.3) is 0 Å². The van der Waals surface area contributed by atoms with Crippen LogP contribution in [0, 0.1) is 0 Å². The minimum absolute atomic E-state index is 0.0753. The molecule has 6 heteroatoms. The van der Waals surface area contributed by atoms with E-state index in [-0.39, 0.29) is 23.5 Å². The summed E-state index contributed by atoms with van der Waals surface area (Å²) in [6.07, 6.45) is -1.42. The molecular formula is C8H9F2N3O. The van der Waals surface area contributed by atoms with Crippen molar-refractivity contribution in [2.45, 2.75) is 13.0 Å². The Kier molecular flexibility index (Phi) is 3.08. The molecule has 1 aromatic rings. The normalized spacial score (nSPS) is 10.6. The van der Waals surface area contributed by atoms with Gasteiger partial charge in [-0.05, 0) is 0 Å². The molecule has 0 atom stereocenters. The van der Waals surface area contributed by atoms with Gasteiger partial charge in [-0.15, -0.1) is 0 Å². The van der Waals surface area contributed by atoms with Crippen LogP contribution in [-0.2, 0) is 6.54 Å². The van der Waals surface area contributed by atoms with Crippen LogP contribution in [0.2, 0.25) is 0 Å². The molecule has 4 N–H and O–H groups in total. The summed E-state index contributed by atoms with van der Waals surface area (Å²) in [7, 11) is 0. The van der Waals surface area contributed by atoms with Crippen molar-refractivity contribution in [3.8, 4) is 0 Å². The van der Waals surface area contributed by atoms with E-state index in [4.69, 9.17) is 11.5 Å². The molecule has 0 aliphatic heterocycles. The summed E-state index contributed by atoms with van der Waals surface area (Å²) in [5.41, 5.74) is 9.76. The number of hydrogen-bond acceptors (Lipinski definition) is 4. The smallest absolute Gasteiger partial charge is 0.266 e. The number of halogens is 2. The van der Waals surface area contributed by atoms with Gasteiger partial charge in [0.2, 0.25) is 0 Å². The maximum atomic E-state index is 12.5. The van der Waals surface area contributed by atoms with Gasteiger partial charge >= 0.3 is 0 Å². The fourth-order valence-electron chi connectivity index (χ4n) is 1.14. The number of nitrogen functional groups attached to an aromatic ring is 1. The second kappa shape index (κ2) is 4.10. The largest absolute Gasteiger partial charge is 0.397 e. The fourth-order valence-corrected chi connectivity index (χ4v) is 1.14. The van der Waals surface area contributed by atoms with Crippen molar-refractivity contribution in [3.05, 3.63) is 23.0 Å². The van der Waals surface area contributed by atoms with E-state index in [2.05, 4.69) is 4.98 Å². The Labute approximate surface area is 78.9 Å². The zero-order chi connectivity index (χ0) is 10.7. The predicted octanol–water partition coefficient (Wildman–Crippen LogP) is 0.873. The first-order valence-corrected chi connectivity index (χ1v) is 3.82. The fraction of sp³-hybridized carbons (Fsp3) is 0.250. The number of pyridine rings is 1. The number of carbonyl (C=O) groups excluding carboxylic acids is 1. The lowest BCUT2D eigenvalue weighted by atomic mass is 10.1. The van der Waals surface area contributed by atoms with Gasteiger partial charge in [-0.2, -0.15) is 0 Å². The topological polar surface area (TPSA) is 82.0 Å². The van der Waals surface area contributed by atoms with Gasteiger partial charge in [-0.25, -0.2) is 8.78 Å². The summed E-state index contributed by atoms with van der Waals surface area (Å²) in [4.78, 5) is 14.3. The number of hydrogen-bond donors (Lipinski definition) is 2. The molecule has 0 spiro atoms. The number of alkyl halides is 2. The SMILES string of the molecule is NCc1ncc(N)c(C(F)F)c1C=O. The van der Waals surface area contributed by atoms with Crippen LogP contribution in [-0.4, -0.2) is 11.3 Å². The highest BCUT2D eigenvalue weighted by molar-refractivity contribution is 5.81. The Morgan fingerprint density at radius 2 is 2.21 bits per heavy atom. The molecule has 0 radical (unpaired) electrons. The summed E-state index contributed by atoms with van der Waals surface area (Å²) >= 11 is 0. The standard InChI is InChI=1S/C8H9F2N3O/c9-8(10)7-4(3-14)6(1-11)13-2-5(7)12/h2-3,8H,1,11-12H2. The minimum atomic E-state index is -2.80. The zero-order valence-corrected chi connectivity index (χ0v) is 7.21. The lowest BCUT2D eigenvalue weighted by molar-refractivity contribution is 0.110. The molecule has 1 rings (SSSR count). The number of nitrogens with zero attached hydrogens (tertiary/aromatic N) is 1. The summed E-state index contributed by atoms with van der Waals surface area (Å²) in [6.45, 7) is -0.0753. The second-order valence-corrected chi connectivity index (χ2v) is 2.61. The van der Waals surface area contributed by atoms with Gasteiger partial charge in [-0.1, -0.05) is 0 Å². The first kappa shape index (κ1) is 10.5. The Bertz CT molecular complexity index is 355. The maximum Gasteiger partial charge on any atom is 0.266 e. The zero-order valence-electron chi connectivity index (χ0n) is 7.21. The van der Waals surface area contributed by atoms with E-state index in [1.54, 1.807) is 0 Å². The molecule has 76 valence electrons. The third-order valence-corrected chi connectivity index (χ3v) is 1.80. The van der Waals surface area contributed by atoms with Gasteiger partial charge in [0.05, 0.1) is 23.1 Å². The molecule has 0 aliphatic carbocycles. The van der Waals surface area contributed by atoms with Crippen LogP contribution in [0.5, 0.6) is 0 Å². The van der Waals surface area contributed by atoms with E-state index >= 15 is 0 Å². The highest BCUT2D eigenvalue weighted by Gasteiger charge is 2.19. The number of rotatable bonds is 3. The van der Waals surface area contributed by atoms with Gasteiger partial charge in [-0.3, -0.25) is 9.78 Å². The van der Waals surface area contributed by atoms with Crippen LogP contribution in [0.4, 0.5) is 14.5 Å². The number of aldehydes is 1. The molecule has 0 aliphatic rings. The maximum absolute atomic E-state index is 12.5. The number of nitrogens with two attached hydrogens (primary N) is 2. The number of carbonyl (C=O) groups is 1. The average Bonchev–Trinajstić information content (AvgIpc) is 2.16. The highest BCUT2D eigenvalue weighted by Crippen LogP contribution is 2.28. The third kappa shape index (κ3) is 1.69. The van der Waals surface area contributed by atoms with Crippen LogP contribution in [0.1, 0.15) is 28.0 Å². The van der Waals surface area contributed by atoms with Crippen LogP contribution in [0.15, 0.2) is 6.20 Å². The lowest BCUT2D eigenvalue weighted by Crippen LogP contribution is -2.10. The van der Waals surface area contributed by atoms with Crippen molar-refractivity contribution in [2.24, 2.45) is 5.73 Å². The monoisotopic (exact) mass is 201 g/mol. The summed E-state index contributed by atoms with van der Waals surface area (Å²) in [6, 6.07) is 0. The molecule has 4 nitrogen and oxygen atoms in total. The molecule has 0 saturated heterocycles. The Morgan fingerprint density at radius 3 is 2.64 bits per heavy atom. The quantitative estimate of drug-likeness (QED) is 0.711. The highest BCUT2D eigenvalue weighted by atomic mass is 19.3. The van der Waals surface area contributed by atoms with E-state index in [1.807, 2.05) is 0 Å². The first-order chi connectivity index (χ1) is 6.61. The first-order valence-electron chi connectivity index (χ1n) is 3.82. The minimum Gasteiger partial charge on any atom is -0.397 e. The third-order valence-electron chi connectivity index (χ3n) is 1.80. The number of aromatic nitrogens is 1. The van der Waals surface area contributed by atoms with Crippen molar-refractivity contribution < 1.29 is 13.6 Å². The van der Waals surface area contributed by atoms with Crippen molar-refractivity contribution >= 4 is 12.0 Å². The van der Waals surface area contributed by atoms with Gasteiger partial charge in [0.1, 0.15) is 0 Å². The molecule has 1 heterocycles. The summed E-state index contributed by atoms with van der Waals surface area (Å²) in [5, 5.41) is 0. The molecule has 1 aromatic heterocycles. The van der Waals surface area contributed by atoms with Crippen molar-refractivity contribution in [1.29, 1.82) is 0 Å². The molecule has 14 heavy (non-hydrogen) atoms. The van der Waals surface area contributed by atoms with Crippen molar-refractivity contribution in [3.63, 3.8) is 0 Å². The van der Waals surface area contributed by atoms with Crippen LogP contribution in [0.3, 0.4) is 0 Å². The Morgan fingerprint density at radius 1 is 1.57 bits per heavy atom. The van der Waals surface area contributed by atoms with E-state index in [0.29, 0.717) is 6.29 Å². The van der Waals surface area contributed by atoms with E-state index in [9.17, 15) is 13.6 Å². The average molecular weight is 201 g/mol. The van der Waals surface area contributed by atoms with Crippen LogP contribution < -0.4 is 11.5 Å². The number of anilines is 1. The van der Waals surface area contributed by atoms with E-state index < -0.39 is 12.0 Å². The Balaban J connectivity index is 3.42. The van der Waals surface area contributed by atoms with E-state index in [0.717, 1.165) is 6.20 Å². The second-order valence-electron chi connectivity index (χ2n) is 2.61. The molecule has 0 fully saturated rings. The molecule has 0 saturated carbocycles.